The summed E-state index contributed by atoms with van der Waals surface area (Å²) in [5.41, 5.74) is 0.788. The Morgan fingerprint density at radius 2 is 2.05 bits per heavy atom. The number of nitrogens with zero attached hydrogens (tertiary/aromatic N) is 1. The molecule has 1 aromatic heterocycles. The molecule has 1 N–H and O–H groups in total. The highest BCUT2D eigenvalue weighted by Crippen LogP contribution is 2.27. The van der Waals surface area contributed by atoms with Crippen LogP contribution in [-0.2, 0) is 4.79 Å². The SMILES string of the molecule is CC(c1ccco1)N(CC(=O)O)c1ccc(Cl)cc1. The molecule has 1 atom stereocenters. The van der Waals surface area contributed by atoms with Crippen molar-refractivity contribution in [1.82, 2.24) is 0 Å². The first kappa shape index (κ1) is 13.5. The number of aliphatic carboxylic acids is 1. The van der Waals surface area contributed by atoms with Crippen molar-refractivity contribution in [3.63, 3.8) is 0 Å². The Bertz CT molecular complexity index is 536. The Morgan fingerprint density at radius 1 is 1.37 bits per heavy atom. The van der Waals surface area contributed by atoms with Crippen LogP contribution in [0.15, 0.2) is 47.1 Å². The number of halogens is 1. The quantitative estimate of drug-likeness (QED) is 0.909. The predicted molar refractivity (Wildman–Crippen MR) is 73.6 cm³/mol. The zero-order valence-electron chi connectivity index (χ0n) is 10.4. The number of hydrogen-bond donors (Lipinski definition) is 1. The third-order valence-corrected chi connectivity index (χ3v) is 3.14. The minimum absolute atomic E-state index is 0.108. The molecule has 0 aliphatic carbocycles. The van der Waals surface area contributed by atoms with E-state index in [-0.39, 0.29) is 12.6 Å². The predicted octanol–water partition coefficient (Wildman–Crippen LogP) is 3.59. The Kier molecular flexibility index (Phi) is 4.12. The molecular weight excluding hydrogens is 266 g/mol. The third kappa shape index (κ3) is 3.29. The lowest BCUT2D eigenvalue weighted by Crippen LogP contribution is -2.32. The smallest absolute Gasteiger partial charge is 0.323 e. The normalized spacial score (nSPS) is 12.1. The molecule has 0 bridgehead atoms. The molecule has 2 aromatic rings. The molecule has 1 unspecified atom stereocenters. The van der Waals surface area contributed by atoms with Crippen LogP contribution in [0.5, 0.6) is 0 Å². The van der Waals surface area contributed by atoms with Crippen LogP contribution in [0.1, 0.15) is 18.7 Å². The van der Waals surface area contributed by atoms with Gasteiger partial charge in [0, 0.05) is 10.7 Å². The summed E-state index contributed by atoms with van der Waals surface area (Å²) in [4.78, 5) is 12.8. The lowest BCUT2D eigenvalue weighted by Gasteiger charge is -2.28. The van der Waals surface area contributed by atoms with Gasteiger partial charge in [0.25, 0.3) is 0 Å². The molecule has 0 saturated carbocycles. The summed E-state index contributed by atoms with van der Waals surface area (Å²) in [5, 5.41) is 9.66. The molecule has 0 fully saturated rings. The van der Waals surface area contributed by atoms with Gasteiger partial charge >= 0.3 is 5.97 Å². The average Bonchev–Trinajstić information content (AvgIpc) is 2.90. The van der Waals surface area contributed by atoms with Crippen molar-refractivity contribution in [2.45, 2.75) is 13.0 Å². The fourth-order valence-electron chi connectivity index (χ4n) is 1.91. The first-order valence-electron chi connectivity index (χ1n) is 5.85. The zero-order valence-corrected chi connectivity index (χ0v) is 11.2. The average molecular weight is 280 g/mol. The van der Waals surface area contributed by atoms with Gasteiger partial charge in [0.15, 0.2) is 0 Å². The molecule has 5 heteroatoms. The fraction of sp³-hybridized carbons (Fsp3) is 0.214. The molecular formula is C14H14ClNO3. The van der Waals surface area contributed by atoms with Gasteiger partial charge in [-0.05, 0) is 43.3 Å². The summed E-state index contributed by atoms with van der Waals surface area (Å²) in [5.74, 6) is -0.176. The fourth-order valence-corrected chi connectivity index (χ4v) is 2.04. The van der Waals surface area contributed by atoms with Crippen LogP contribution < -0.4 is 4.90 Å². The highest BCUT2D eigenvalue weighted by Gasteiger charge is 2.20. The molecule has 0 radical (unpaired) electrons. The Balaban J connectivity index is 2.30. The number of furan rings is 1. The van der Waals surface area contributed by atoms with Crippen molar-refractivity contribution >= 4 is 23.3 Å². The van der Waals surface area contributed by atoms with Crippen molar-refractivity contribution in [3.05, 3.63) is 53.4 Å². The maximum absolute atomic E-state index is 11.0. The van der Waals surface area contributed by atoms with Crippen molar-refractivity contribution in [2.75, 3.05) is 11.4 Å². The van der Waals surface area contributed by atoms with Crippen LogP contribution in [0.4, 0.5) is 5.69 Å². The summed E-state index contributed by atoms with van der Waals surface area (Å²) in [6, 6.07) is 10.5. The number of hydrogen-bond acceptors (Lipinski definition) is 3. The topological polar surface area (TPSA) is 53.7 Å². The minimum atomic E-state index is -0.895. The zero-order chi connectivity index (χ0) is 13.8. The molecule has 0 spiro atoms. The number of rotatable bonds is 5. The van der Waals surface area contributed by atoms with Crippen molar-refractivity contribution < 1.29 is 14.3 Å². The molecule has 1 heterocycles. The van der Waals surface area contributed by atoms with Gasteiger partial charge in [-0.15, -0.1) is 0 Å². The molecule has 100 valence electrons. The third-order valence-electron chi connectivity index (χ3n) is 2.89. The van der Waals surface area contributed by atoms with Crippen LogP contribution in [0.3, 0.4) is 0 Å². The first-order chi connectivity index (χ1) is 9.08. The second kappa shape index (κ2) is 5.80. The van der Waals surface area contributed by atoms with E-state index in [2.05, 4.69) is 0 Å². The van der Waals surface area contributed by atoms with E-state index in [1.807, 2.05) is 13.0 Å². The number of carbonyl (C=O) groups is 1. The molecule has 1 aromatic carbocycles. The van der Waals surface area contributed by atoms with E-state index < -0.39 is 5.97 Å². The Morgan fingerprint density at radius 3 is 2.58 bits per heavy atom. The maximum atomic E-state index is 11.0. The molecule has 0 aliphatic rings. The largest absolute Gasteiger partial charge is 0.480 e. The van der Waals surface area contributed by atoms with Gasteiger partial charge in [-0.25, -0.2) is 0 Å². The number of carboxylic acids is 1. The van der Waals surface area contributed by atoms with Gasteiger partial charge in [-0.3, -0.25) is 4.79 Å². The summed E-state index contributed by atoms with van der Waals surface area (Å²) < 4.78 is 5.34. The monoisotopic (exact) mass is 279 g/mol. The van der Waals surface area contributed by atoms with Crippen molar-refractivity contribution in [1.29, 1.82) is 0 Å². The van der Waals surface area contributed by atoms with Gasteiger partial charge in [0.2, 0.25) is 0 Å². The molecule has 0 amide bonds. The van der Waals surface area contributed by atoms with E-state index >= 15 is 0 Å². The summed E-state index contributed by atoms with van der Waals surface area (Å²) in [6.07, 6.45) is 1.58. The van der Waals surface area contributed by atoms with Gasteiger partial charge < -0.3 is 14.4 Å². The van der Waals surface area contributed by atoms with E-state index in [4.69, 9.17) is 21.1 Å². The summed E-state index contributed by atoms with van der Waals surface area (Å²) >= 11 is 5.85. The van der Waals surface area contributed by atoms with E-state index in [0.717, 1.165) is 11.4 Å². The second-order valence-electron chi connectivity index (χ2n) is 4.19. The van der Waals surface area contributed by atoms with Crippen molar-refractivity contribution in [2.24, 2.45) is 0 Å². The first-order valence-corrected chi connectivity index (χ1v) is 6.23. The molecule has 19 heavy (non-hydrogen) atoms. The highest BCUT2D eigenvalue weighted by molar-refractivity contribution is 6.30. The molecule has 0 saturated heterocycles. The van der Waals surface area contributed by atoms with Gasteiger partial charge in [0.05, 0.1) is 12.3 Å². The van der Waals surface area contributed by atoms with Crippen molar-refractivity contribution in [3.8, 4) is 0 Å². The van der Waals surface area contributed by atoms with E-state index in [1.54, 1.807) is 41.5 Å². The van der Waals surface area contributed by atoms with Gasteiger partial charge in [-0.2, -0.15) is 0 Å². The Labute approximate surface area is 116 Å². The van der Waals surface area contributed by atoms with E-state index in [0.29, 0.717) is 5.02 Å². The molecule has 0 aliphatic heterocycles. The number of anilines is 1. The highest BCUT2D eigenvalue weighted by atomic mass is 35.5. The van der Waals surface area contributed by atoms with E-state index in [1.165, 1.54) is 0 Å². The second-order valence-corrected chi connectivity index (χ2v) is 4.63. The van der Waals surface area contributed by atoms with Gasteiger partial charge in [-0.1, -0.05) is 11.6 Å². The summed E-state index contributed by atoms with van der Waals surface area (Å²) in [6.45, 7) is 1.79. The number of carboxylic acid groups (broad SMARTS) is 1. The Hall–Kier alpha value is -1.94. The minimum Gasteiger partial charge on any atom is -0.480 e. The van der Waals surface area contributed by atoms with Crippen LogP contribution in [0.2, 0.25) is 5.02 Å². The lowest BCUT2D eigenvalue weighted by atomic mass is 10.2. The molecule has 4 nitrogen and oxygen atoms in total. The van der Waals surface area contributed by atoms with Crippen LogP contribution >= 0.6 is 11.6 Å². The van der Waals surface area contributed by atoms with E-state index in [9.17, 15) is 4.79 Å². The summed E-state index contributed by atoms with van der Waals surface area (Å²) in [7, 11) is 0. The number of benzene rings is 1. The standard InChI is InChI=1S/C14H14ClNO3/c1-10(13-3-2-8-19-13)16(9-14(17)18)12-6-4-11(15)5-7-12/h2-8,10H,9H2,1H3,(H,17,18). The maximum Gasteiger partial charge on any atom is 0.323 e. The van der Waals surface area contributed by atoms with Crippen LogP contribution in [0.25, 0.3) is 0 Å². The van der Waals surface area contributed by atoms with Gasteiger partial charge in [0.1, 0.15) is 12.3 Å². The lowest BCUT2D eigenvalue weighted by molar-refractivity contribution is -0.135. The van der Waals surface area contributed by atoms with Crippen LogP contribution in [-0.4, -0.2) is 17.6 Å². The molecule has 2 rings (SSSR count). The van der Waals surface area contributed by atoms with Crippen LogP contribution in [0, 0.1) is 0 Å².